The molecular weight excluding hydrogens is 170 g/mol. The van der Waals surface area contributed by atoms with Gasteiger partial charge in [0.25, 0.3) is 0 Å². The maximum atomic E-state index is 10.9. The van der Waals surface area contributed by atoms with Crippen LogP contribution in [0, 0.1) is 11.3 Å². The molecule has 0 spiro atoms. The topological polar surface area (TPSA) is 59.3 Å². The van der Waals surface area contributed by atoms with E-state index in [9.17, 15) is 4.79 Å². The molecule has 4 nitrogen and oxygen atoms in total. The molecule has 0 aromatic carbocycles. The van der Waals surface area contributed by atoms with Crippen LogP contribution in [0.25, 0.3) is 0 Å². The lowest BCUT2D eigenvalue weighted by molar-refractivity contribution is -0.167. The van der Waals surface area contributed by atoms with E-state index in [4.69, 9.17) is 10.00 Å². The molecule has 0 amide bonds. The zero-order valence-corrected chi connectivity index (χ0v) is 7.45. The van der Waals surface area contributed by atoms with Crippen molar-refractivity contribution >= 4 is 5.97 Å². The minimum Gasteiger partial charge on any atom is -0.432 e. The third-order valence-corrected chi connectivity index (χ3v) is 1.10. The van der Waals surface area contributed by atoms with E-state index in [-0.39, 0.29) is 12.2 Å². The Hall–Kier alpha value is -1.60. The summed E-state index contributed by atoms with van der Waals surface area (Å²) in [6, 6.07) is 1.58. The van der Waals surface area contributed by atoms with E-state index < -0.39 is 12.3 Å². The third-order valence-electron chi connectivity index (χ3n) is 1.10. The first-order chi connectivity index (χ1) is 6.11. The third kappa shape index (κ3) is 4.77. The minimum atomic E-state index is -0.765. The van der Waals surface area contributed by atoms with Crippen molar-refractivity contribution in [3.05, 3.63) is 24.8 Å². The summed E-state index contributed by atoms with van der Waals surface area (Å²) in [5.41, 5.74) is -0.242. The first-order valence-electron chi connectivity index (χ1n) is 3.64. The first kappa shape index (κ1) is 11.4. The van der Waals surface area contributed by atoms with E-state index in [1.165, 1.54) is 6.08 Å². The van der Waals surface area contributed by atoms with Gasteiger partial charge in [-0.1, -0.05) is 12.7 Å². The van der Waals surface area contributed by atoms with Crippen LogP contribution in [0.1, 0.15) is 6.92 Å². The van der Waals surface area contributed by atoms with Crippen LogP contribution in [0.4, 0.5) is 0 Å². The Morgan fingerprint density at radius 1 is 1.77 bits per heavy atom. The summed E-state index contributed by atoms with van der Waals surface area (Å²) in [4.78, 5) is 10.9. The van der Waals surface area contributed by atoms with Crippen LogP contribution in [0.2, 0.25) is 0 Å². The number of carbonyl (C=O) groups excluding carboxylic acids is 1. The Balaban J connectivity index is 3.86. The Morgan fingerprint density at radius 3 is 2.85 bits per heavy atom. The summed E-state index contributed by atoms with van der Waals surface area (Å²) >= 11 is 0. The van der Waals surface area contributed by atoms with Crippen molar-refractivity contribution < 1.29 is 14.3 Å². The highest BCUT2D eigenvalue weighted by atomic mass is 16.7. The fourth-order valence-electron chi connectivity index (χ4n) is 0.505. The summed E-state index contributed by atoms with van der Waals surface area (Å²) in [6.45, 7) is 8.46. The average Bonchev–Trinajstić information content (AvgIpc) is 2.13. The Morgan fingerprint density at radius 2 is 2.38 bits per heavy atom. The number of nitriles is 1. The van der Waals surface area contributed by atoms with Crippen molar-refractivity contribution in [1.29, 1.82) is 5.26 Å². The first-order valence-corrected chi connectivity index (χ1v) is 3.64. The highest BCUT2D eigenvalue weighted by Crippen LogP contribution is 1.99. The van der Waals surface area contributed by atoms with Gasteiger partial charge < -0.3 is 9.47 Å². The molecule has 0 radical (unpaired) electrons. The molecule has 0 aliphatic carbocycles. The molecule has 0 aromatic rings. The Kier molecular flexibility index (Phi) is 5.24. The van der Waals surface area contributed by atoms with Gasteiger partial charge in [0.15, 0.2) is 0 Å². The summed E-state index contributed by atoms with van der Waals surface area (Å²) in [5, 5.41) is 8.29. The van der Waals surface area contributed by atoms with Crippen molar-refractivity contribution in [2.24, 2.45) is 0 Å². The molecule has 1 atom stereocenters. The zero-order chi connectivity index (χ0) is 10.3. The van der Waals surface area contributed by atoms with E-state index >= 15 is 0 Å². The van der Waals surface area contributed by atoms with Crippen LogP contribution < -0.4 is 0 Å². The predicted molar refractivity (Wildman–Crippen MR) is 46.5 cm³/mol. The molecule has 0 saturated carbocycles. The van der Waals surface area contributed by atoms with Gasteiger partial charge in [-0.2, -0.15) is 5.26 Å². The zero-order valence-electron chi connectivity index (χ0n) is 7.45. The molecule has 13 heavy (non-hydrogen) atoms. The van der Waals surface area contributed by atoms with Crippen LogP contribution in [-0.4, -0.2) is 18.9 Å². The molecule has 0 saturated heterocycles. The van der Waals surface area contributed by atoms with Gasteiger partial charge in [0.05, 0.1) is 6.61 Å². The average molecular weight is 181 g/mol. The molecule has 4 heteroatoms. The Labute approximate surface area is 77.1 Å². The second kappa shape index (κ2) is 5.98. The molecule has 0 aliphatic rings. The largest absolute Gasteiger partial charge is 0.432 e. The normalized spacial score (nSPS) is 11.1. The summed E-state index contributed by atoms with van der Waals surface area (Å²) in [6.07, 6.45) is 0.833. The van der Waals surface area contributed by atoms with Crippen LogP contribution in [0.5, 0.6) is 0 Å². The van der Waals surface area contributed by atoms with Crippen molar-refractivity contribution in [2.75, 3.05) is 6.61 Å². The lowest BCUT2D eigenvalue weighted by atomic mass is 10.3. The van der Waals surface area contributed by atoms with Gasteiger partial charge in [-0.15, -0.1) is 6.58 Å². The van der Waals surface area contributed by atoms with Crippen LogP contribution in [-0.2, 0) is 14.3 Å². The van der Waals surface area contributed by atoms with Crippen molar-refractivity contribution in [2.45, 2.75) is 13.2 Å². The minimum absolute atomic E-state index is 0.242. The molecule has 0 aliphatic heterocycles. The van der Waals surface area contributed by atoms with Gasteiger partial charge in [0.2, 0.25) is 6.29 Å². The maximum absolute atomic E-state index is 10.9. The van der Waals surface area contributed by atoms with E-state index in [0.717, 1.165) is 0 Å². The van der Waals surface area contributed by atoms with Gasteiger partial charge in [0, 0.05) is 0 Å². The molecule has 0 bridgehead atoms. The number of nitrogens with zero attached hydrogens (tertiary/aromatic N) is 1. The highest BCUT2D eigenvalue weighted by Gasteiger charge is 2.11. The van der Waals surface area contributed by atoms with Crippen molar-refractivity contribution in [3.8, 4) is 6.07 Å². The smallest absolute Gasteiger partial charge is 0.350 e. The molecule has 0 rings (SSSR count). The second-order valence-electron chi connectivity index (χ2n) is 2.19. The number of hydrogen-bond acceptors (Lipinski definition) is 4. The second-order valence-corrected chi connectivity index (χ2v) is 2.19. The number of ether oxygens (including phenoxy) is 2. The van der Waals surface area contributed by atoms with Crippen molar-refractivity contribution in [3.63, 3.8) is 0 Å². The van der Waals surface area contributed by atoms with Crippen molar-refractivity contribution in [1.82, 2.24) is 0 Å². The number of carbonyl (C=O) groups is 1. The van der Waals surface area contributed by atoms with Gasteiger partial charge in [-0.25, -0.2) is 4.79 Å². The predicted octanol–water partition coefficient (Wildman–Crippen LogP) is 1.16. The quantitative estimate of drug-likeness (QED) is 0.210. The molecule has 70 valence electrons. The van der Waals surface area contributed by atoms with Gasteiger partial charge >= 0.3 is 5.97 Å². The molecule has 0 heterocycles. The molecule has 1 unspecified atom stereocenters. The summed E-state index contributed by atoms with van der Waals surface area (Å²) in [7, 11) is 0. The summed E-state index contributed by atoms with van der Waals surface area (Å²) in [5.74, 6) is -0.765. The van der Waals surface area contributed by atoms with E-state index in [0.29, 0.717) is 0 Å². The van der Waals surface area contributed by atoms with Gasteiger partial charge in [-0.05, 0) is 6.92 Å². The van der Waals surface area contributed by atoms with E-state index in [2.05, 4.69) is 17.9 Å². The maximum Gasteiger partial charge on any atom is 0.350 e. The lowest BCUT2D eigenvalue weighted by Gasteiger charge is -2.11. The molecular formula is C9H11NO3. The Bertz CT molecular complexity index is 252. The number of rotatable bonds is 5. The molecule has 0 N–H and O–H groups in total. The fourth-order valence-corrected chi connectivity index (χ4v) is 0.505. The van der Waals surface area contributed by atoms with E-state index in [1.807, 2.05) is 0 Å². The lowest BCUT2D eigenvalue weighted by Crippen LogP contribution is -2.18. The molecule has 0 aromatic heterocycles. The van der Waals surface area contributed by atoms with Crippen LogP contribution >= 0.6 is 0 Å². The number of hydrogen-bond donors (Lipinski definition) is 0. The summed E-state index contributed by atoms with van der Waals surface area (Å²) < 4.78 is 9.62. The number of esters is 1. The standard InChI is InChI=1S/C9H11NO3/c1-4-5-12-8(3)13-9(11)7(2)6-10/h4,8H,1-2,5H2,3H3. The van der Waals surface area contributed by atoms with Crippen LogP contribution in [0.15, 0.2) is 24.8 Å². The SMILES string of the molecule is C=CCOC(C)OC(=O)C(=C)C#N. The van der Waals surface area contributed by atoms with E-state index in [1.54, 1.807) is 13.0 Å². The van der Waals surface area contributed by atoms with Crippen LogP contribution in [0.3, 0.4) is 0 Å². The highest BCUT2D eigenvalue weighted by molar-refractivity contribution is 5.91. The van der Waals surface area contributed by atoms with Gasteiger partial charge in [0.1, 0.15) is 11.6 Å². The monoisotopic (exact) mass is 181 g/mol. The molecule has 0 fully saturated rings. The van der Waals surface area contributed by atoms with Gasteiger partial charge in [-0.3, -0.25) is 0 Å². The fraction of sp³-hybridized carbons (Fsp3) is 0.333.